The van der Waals surface area contributed by atoms with E-state index in [-0.39, 0.29) is 30.7 Å². The van der Waals surface area contributed by atoms with Crippen LogP contribution in [0, 0.1) is 11.7 Å². The summed E-state index contributed by atoms with van der Waals surface area (Å²) in [6.45, 7) is 1.05. The summed E-state index contributed by atoms with van der Waals surface area (Å²) in [7, 11) is 0. The van der Waals surface area contributed by atoms with Crippen LogP contribution in [0.15, 0.2) is 48.5 Å². The number of hydrogen-bond acceptors (Lipinski definition) is 6. The number of anilines is 1. The molecule has 3 aromatic rings. The van der Waals surface area contributed by atoms with Crippen molar-refractivity contribution in [3.63, 3.8) is 0 Å². The fourth-order valence-electron chi connectivity index (χ4n) is 3.32. The van der Waals surface area contributed by atoms with Gasteiger partial charge in [-0.2, -0.15) is 0 Å². The number of carbonyl (C=O) groups is 2. The van der Waals surface area contributed by atoms with Crippen LogP contribution in [0.25, 0.3) is 0 Å². The Hall–Kier alpha value is -3.04. The molecule has 1 aliphatic rings. The van der Waals surface area contributed by atoms with E-state index in [1.165, 1.54) is 23.5 Å². The van der Waals surface area contributed by atoms with E-state index in [0.717, 1.165) is 5.56 Å². The van der Waals surface area contributed by atoms with Gasteiger partial charge >= 0.3 is 0 Å². The summed E-state index contributed by atoms with van der Waals surface area (Å²) in [5.41, 5.74) is 0.939. The van der Waals surface area contributed by atoms with Crippen LogP contribution in [0.4, 0.5) is 9.52 Å². The number of halogens is 2. The molecule has 1 fully saturated rings. The Morgan fingerprint density at radius 3 is 2.69 bits per heavy atom. The van der Waals surface area contributed by atoms with Crippen molar-refractivity contribution in [1.29, 1.82) is 0 Å². The molecule has 0 spiro atoms. The highest BCUT2D eigenvalue weighted by molar-refractivity contribution is 7.15. The third kappa shape index (κ3) is 5.80. The summed E-state index contributed by atoms with van der Waals surface area (Å²) in [5.74, 6) is -0.418. The second kappa shape index (κ2) is 10.1. The first-order valence-electron chi connectivity index (χ1n) is 10.00. The Bertz CT molecular complexity index is 1090. The van der Waals surface area contributed by atoms with Gasteiger partial charge in [-0.3, -0.25) is 9.59 Å². The number of benzene rings is 2. The molecule has 0 bridgehead atoms. The molecule has 2 amide bonds. The summed E-state index contributed by atoms with van der Waals surface area (Å²) in [4.78, 5) is 26.6. The molecular formula is C22H20ClFN4O3S. The number of hydrogen-bond donors (Lipinski definition) is 1. The standard InChI is InChI=1S/C22H20ClFN4O3S/c23-16-3-7-18(8-4-16)31-13-19-26-27-22(32-19)25-21(30)15-11-20(29)28(12-15)10-9-14-1-5-17(24)6-2-14/h1-8,15H,9-13H2,(H,25,27,30). The van der Waals surface area contributed by atoms with Gasteiger partial charge in [0.05, 0.1) is 5.92 Å². The molecule has 0 saturated carbocycles. The normalized spacial score (nSPS) is 15.8. The monoisotopic (exact) mass is 474 g/mol. The van der Waals surface area contributed by atoms with E-state index in [9.17, 15) is 14.0 Å². The summed E-state index contributed by atoms with van der Waals surface area (Å²) in [6.07, 6.45) is 0.758. The van der Waals surface area contributed by atoms with Crippen LogP contribution in [0.2, 0.25) is 5.02 Å². The van der Waals surface area contributed by atoms with Crippen LogP contribution in [-0.4, -0.2) is 40.0 Å². The van der Waals surface area contributed by atoms with Crippen LogP contribution in [0.1, 0.15) is 17.0 Å². The average molecular weight is 475 g/mol. The van der Waals surface area contributed by atoms with Crippen LogP contribution in [0.3, 0.4) is 0 Å². The maximum Gasteiger partial charge on any atom is 0.231 e. The molecule has 7 nitrogen and oxygen atoms in total. The zero-order chi connectivity index (χ0) is 22.5. The predicted octanol–water partition coefficient (Wildman–Crippen LogP) is 3.94. The molecule has 0 radical (unpaired) electrons. The van der Waals surface area contributed by atoms with Crippen molar-refractivity contribution >= 4 is 39.9 Å². The number of nitrogens with one attached hydrogen (secondary N) is 1. The number of carbonyl (C=O) groups excluding carboxylic acids is 2. The van der Waals surface area contributed by atoms with Crippen LogP contribution < -0.4 is 10.1 Å². The quantitative estimate of drug-likeness (QED) is 0.534. The van der Waals surface area contributed by atoms with Crippen molar-refractivity contribution in [1.82, 2.24) is 15.1 Å². The largest absolute Gasteiger partial charge is 0.486 e. The molecule has 1 saturated heterocycles. The van der Waals surface area contributed by atoms with Crippen molar-refractivity contribution < 1.29 is 18.7 Å². The first kappa shape index (κ1) is 22.2. The molecule has 1 unspecified atom stereocenters. The average Bonchev–Trinajstić information content (AvgIpc) is 3.39. The lowest BCUT2D eigenvalue weighted by molar-refractivity contribution is -0.128. The highest BCUT2D eigenvalue weighted by atomic mass is 35.5. The van der Waals surface area contributed by atoms with Gasteiger partial charge in [0.1, 0.15) is 18.2 Å². The van der Waals surface area contributed by atoms with E-state index in [1.54, 1.807) is 41.3 Å². The van der Waals surface area contributed by atoms with Crippen molar-refractivity contribution in [2.24, 2.45) is 5.92 Å². The van der Waals surface area contributed by atoms with Crippen LogP contribution in [-0.2, 0) is 22.6 Å². The zero-order valence-corrected chi connectivity index (χ0v) is 18.5. The summed E-state index contributed by atoms with van der Waals surface area (Å²) in [5, 5.41) is 12.3. The van der Waals surface area contributed by atoms with Crippen LogP contribution in [0.5, 0.6) is 5.75 Å². The zero-order valence-electron chi connectivity index (χ0n) is 17.0. The molecule has 32 heavy (non-hydrogen) atoms. The second-order valence-corrected chi connectivity index (χ2v) is 8.85. The summed E-state index contributed by atoms with van der Waals surface area (Å²) < 4.78 is 18.6. The highest BCUT2D eigenvalue weighted by Gasteiger charge is 2.34. The van der Waals surface area contributed by atoms with E-state index in [1.807, 2.05) is 0 Å². The number of ether oxygens (including phenoxy) is 1. The Morgan fingerprint density at radius 1 is 1.19 bits per heavy atom. The fraction of sp³-hybridized carbons (Fsp3) is 0.273. The van der Waals surface area contributed by atoms with Gasteiger partial charge in [0, 0.05) is 24.5 Å². The summed E-state index contributed by atoms with van der Waals surface area (Å²) >= 11 is 7.07. The Labute approximate surface area is 193 Å². The molecule has 1 aromatic heterocycles. The Kier molecular flexibility index (Phi) is 6.96. The second-order valence-electron chi connectivity index (χ2n) is 7.35. The van der Waals surface area contributed by atoms with Crippen LogP contribution >= 0.6 is 22.9 Å². The van der Waals surface area contributed by atoms with E-state index in [4.69, 9.17) is 16.3 Å². The van der Waals surface area contributed by atoms with Crippen molar-refractivity contribution in [3.8, 4) is 5.75 Å². The molecule has 10 heteroatoms. The maximum absolute atomic E-state index is 13.0. The smallest absolute Gasteiger partial charge is 0.231 e. The number of rotatable bonds is 8. The molecule has 1 atom stereocenters. The van der Waals surface area contributed by atoms with Crippen molar-refractivity contribution in [2.45, 2.75) is 19.4 Å². The molecule has 1 aliphatic heterocycles. The van der Waals surface area contributed by atoms with E-state index < -0.39 is 5.92 Å². The minimum Gasteiger partial charge on any atom is -0.486 e. The number of aromatic nitrogens is 2. The minimum absolute atomic E-state index is 0.0680. The van der Waals surface area contributed by atoms with E-state index in [0.29, 0.717) is 40.4 Å². The molecule has 166 valence electrons. The molecule has 0 aliphatic carbocycles. The molecule has 4 rings (SSSR count). The first-order chi connectivity index (χ1) is 15.5. The Balaban J connectivity index is 1.25. The van der Waals surface area contributed by atoms with Gasteiger partial charge in [0.2, 0.25) is 16.9 Å². The third-order valence-electron chi connectivity index (χ3n) is 5.04. The number of nitrogens with zero attached hydrogens (tertiary/aromatic N) is 3. The molecule has 2 aromatic carbocycles. The fourth-order valence-corrected chi connectivity index (χ4v) is 4.11. The topological polar surface area (TPSA) is 84.4 Å². The van der Waals surface area contributed by atoms with Gasteiger partial charge in [0.15, 0.2) is 5.01 Å². The van der Waals surface area contributed by atoms with Gasteiger partial charge in [-0.1, -0.05) is 35.1 Å². The lowest BCUT2D eigenvalue weighted by atomic mass is 10.1. The molecular weight excluding hydrogens is 455 g/mol. The van der Waals surface area contributed by atoms with Gasteiger partial charge in [-0.05, 0) is 48.4 Å². The molecule has 2 heterocycles. The highest BCUT2D eigenvalue weighted by Crippen LogP contribution is 2.23. The lowest BCUT2D eigenvalue weighted by Crippen LogP contribution is -2.30. The van der Waals surface area contributed by atoms with E-state index >= 15 is 0 Å². The first-order valence-corrected chi connectivity index (χ1v) is 11.2. The molecule has 1 N–H and O–H groups in total. The Morgan fingerprint density at radius 2 is 1.94 bits per heavy atom. The van der Waals surface area contributed by atoms with Gasteiger partial charge in [-0.25, -0.2) is 4.39 Å². The van der Waals surface area contributed by atoms with Gasteiger partial charge in [-0.15, -0.1) is 10.2 Å². The van der Waals surface area contributed by atoms with Crippen molar-refractivity contribution in [2.75, 3.05) is 18.4 Å². The van der Waals surface area contributed by atoms with Gasteiger partial charge < -0.3 is 15.0 Å². The maximum atomic E-state index is 13.0. The van der Waals surface area contributed by atoms with E-state index in [2.05, 4.69) is 15.5 Å². The SMILES string of the molecule is O=C(Nc1nnc(COc2ccc(Cl)cc2)s1)C1CC(=O)N(CCc2ccc(F)cc2)C1. The number of amides is 2. The third-order valence-corrected chi connectivity index (χ3v) is 6.11. The summed E-state index contributed by atoms with van der Waals surface area (Å²) in [6, 6.07) is 13.2. The van der Waals surface area contributed by atoms with Crippen molar-refractivity contribution in [3.05, 3.63) is 69.9 Å². The number of likely N-dealkylation sites (tertiary alicyclic amines) is 1. The lowest BCUT2D eigenvalue weighted by Gasteiger charge is -2.16. The predicted molar refractivity (Wildman–Crippen MR) is 119 cm³/mol. The van der Waals surface area contributed by atoms with Gasteiger partial charge in [0.25, 0.3) is 0 Å². The minimum atomic E-state index is -0.451.